The van der Waals surface area contributed by atoms with Gasteiger partial charge >= 0.3 is 0 Å². The standard InChI is InChI=1S/C22H24N4O3/c1-4-9-24-14-18(12-23-24)17-7-8-19-20(11-17)25(13-15(2)26(19)16(3)27)22(28)21-6-5-10-29-21/h5-8,10-12,14-15H,4,9,13H2,1-3H3/t15-/m0/s1. The lowest BCUT2D eigenvalue weighted by atomic mass is 10.0. The van der Waals surface area contributed by atoms with Crippen molar-refractivity contribution in [3.05, 3.63) is 54.7 Å². The van der Waals surface area contributed by atoms with E-state index in [-0.39, 0.29) is 23.6 Å². The van der Waals surface area contributed by atoms with Gasteiger partial charge in [0, 0.05) is 31.8 Å². The van der Waals surface area contributed by atoms with Crippen molar-refractivity contribution >= 4 is 23.2 Å². The Labute approximate surface area is 169 Å². The van der Waals surface area contributed by atoms with Gasteiger partial charge in [0.25, 0.3) is 5.91 Å². The van der Waals surface area contributed by atoms with Crippen LogP contribution in [0.15, 0.2) is 53.4 Å². The summed E-state index contributed by atoms with van der Waals surface area (Å²) < 4.78 is 7.24. The van der Waals surface area contributed by atoms with Crippen LogP contribution in [0.5, 0.6) is 0 Å². The fourth-order valence-electron chi connectivity index (χ4n) is 3.87. The van der Waals surface area contributed by atoms with Crippen LogP contribution in [-0.4, -0.2) is 34.2 Å². The summed E-state index contributed by atoms with van der Waals surface area (Å²) in [4.78, 5) is 28.8. The molecule has 4 rings (SSSR count). The number of fused-ring (bicyclic) bond motifs is 1. The summed E-state index contributed by atoms with van der Waals surface area (Å²) in [5, 5.41) is 4.40. The van der Waals surface area contributed by atoms with Gasteiger partial charge in [-0.15, -0.1) is 0 Å². The third kappa shape index (κ3) is 3.44. The molecular weight excluding hydrogens is 368 g/mol. The molecule has 2 amide bonds. The molecule has 0 unspecified atom stereocenters. The number of aromatic nitrogens is 2. The van der Waals surface area contributed by atoms with E-state index >= 15 is 0 Å². The molecule has 0 spiro atoms. The van der Waals surface area contributed by atoms with E-state index in [2.05, 4.69) is 12.0 Å². The molecule has 0 radical (unpaired) electrons. The second kappa shape index (κ2) is 7.58. The number of benzene rings is 1. The molecule has 3 heterocycles. The summed E-state index contributed by atoms with van der Waals surface area (Å²) in [5.74, 6) is 0.0121. The van der Waals surface area contributed by atoms with Gasteiger partial charge in [0.05, 0.1) is 29.9 Å². The predicted molar refractivity (Wildman–Crippen MR) is 111 cm³/mol. The summed E-state index contributed by atoms with van der Waals surface area (Å²) in [6.45, 7) is 6.84. The Hall–Kier alpha value is -3.35. The van der Waals surface area contributed by atoms with E-state index in [1.54, 1.807) is 28.9 Å². The van der Waals surface area contributed by atoms with Gasteiger partial charge in [-0.2, -0.15) is 5.10 Å². The van der Waals surface area contributed by atoms with Crippen LogP contribution in [0.4, 0.5) is 11.4 Å². The Bertz CT molecular complexity index is 1040. The number of nitrogens with zero attached hydrogens (tertiary/aromatic N) is 4. The Morgan fingerprint density at radius 2 is 2.03 bits per heavy atom. The molecule has 29 heavy (non-hydrogen) atoms. The van der Waals surface area contributed by atoms with E-state index in [4.69, 9.17) is 4.42 Å². The molecule has 0 saturated carbocycles. The SMILES string of the molecule is CCCn1cc(-c2ccc3c(c2)N(C(=O)c2ccco2)C[C@H](C)N3C(C)=O)cn1. The highest BCUT2D eigenvalue weighted by atomic mass is 16.3. The molecule has 0 fully saturated rings. The van der Waals surface area contributed by atoms with Crippen LogP contribution < -0.4 is 9.80 Å². The minimum atomic E-state index is -0.217. The van der Waals surface area contributed by atoms with Crippen molar-refractivity contribution in [2.24, 2.45) is 0 Å². The van der Waals surface area contributed by atoms with Crippen LogP contribution in [0.3, 0.4) is 0 Å². The van der Waals surface area contributed by atoms with E-state index in [0.717, 1.165) is 29.8 Å². The molecule has 3 aromatic rings. The first kappa shape index (κ1) is 19.0. The summed E-state index contributed by atoms with van der Waals surface area (Å²) in [5.41, 5.74) is 3.34. The normalized spacial score (nSPS) is 16.0. The van der Waals surface area contributed by atoms with Crippen LogP contribution in [0.25, 0.3) is 11.1 Å². The van der Waals surface area contributed by atoms with E-state index in [9.17, 15) is 9.59 Å². The van der Waals surface area contributed by atoms with Gasteiger partial charge in [-0.05, 0) is 43.2 Å². The van der Waals surface area contributed by atoms with E-state index in [0.29, 0.717) is 12.2 Å². The number of hydrogen-bond acceptors (Lipinski definition) is 4. The molecule has 0 aliphatic carbocycles. The van der Waals surface area contributed by atoms with Crippen molar-refractivity contribution in [2.45, 2.75) is 39.8 Å². The number of carbonyl (C=O) groups excluding carboxylic acids is 2. The highest BCUT2D eigenvalue weighted by Crippen LogP contribution is 2.39. The topological polar surface area (TPSA) is 71.6 Å². The summed E-state index contributed by atoms with van der Waals surface area (Å²) in [7, 11) is 0. The predicted octanol–water partition coefficient (Wildman–Crippen LogP) is 3.95. The van der Waals surface area contributed by atoms with Crippen molar-refractivity contribution in [1.29, 1.82) is 0 Å². The fraction of sp³-hybridized carbons (Fsp3) is 0.318. The molecule has 2 aromatic heterocycles. The molecule has 0 N–H and O–H groups in total. The molecular formula is C22H24N4O3. The van der Waals surface area contributed by atoms with Gasteiger partial charge in [0.1, 0.15) is 0 Å². The summed E-state index contributed by atoms with van der Waals surface area (Å²) in [6.07, 6.45) is 6.31. The molecule has 150 valence electrons. The van der Waals surface area contributed by atoms with E-state index in [1.807, 2.05) is 42.2 Å². The lowest BCUT2D eigenvalue weighted by Crippen LogP contribution is -2.51. The average molecular weight is 392 g/mol. The monoisotopic (exact) mass is 392 g/mol. The van der Waals surface area contributed by atoms with Gasteiger partial charge in [-0.25, -0.2) is 0 Å². The number of furan rings is 1. The second-order valence-electron chi connectivity index (χ2n) is 7.33. The summed E-state index contributed by atoms with van der Waals surface area (Å²) >= 11 is 0. The van der Waals surface area contributed by atoms with Crippen molar-refractivity contribution in [2.75, 3.05) is 16.3 Å². The maximum absolute atomic E-state index is 13.1. The fourth-order valence-corrected chi connectivity index (χ4v) is 3.87. The summed E-state index contributed by atoms with van der Waals surface area (Å²) in [6, 6.07) is 9.03. The molecule has 7 nitrogen and oxygen atoms in total. The lowest BCUT2D eigenvalue weighted by Gasteiger charge is -2.40. The lowest BCUT2D eigenvalue weighted by molar-refractivity contribution is -0.117. The number of carbonyl (C=O) groups is 2. The van der Waals surface area contributed by atoms with Crippen molar-refractivity contribution < 1.29 is 14.0 Å². The van der Waals surface area contributed by atoms with Crippen LogP contribution in [0.1, 0.15) is 37.7 Å². The van der Waals surface area contributed by atoms with Gasteiger partial charge < -0.3 is 14.2 Å². The third-order valence-corrected chi connectivity index (χ3v) is 5.15. The van der Waals surface area contributed by atoms with Crippen molar-refractivity contribution in [3.63, 3.8) is 0 Å². The van der Waals surface area contributed by atoms with Crippen LogP contribution in [0, 0.1) is 0 Å². The number of aryl methyl sites for hydroxylation is 1. The Morgan fingerprint density at radius 3 is 2.72 bits per heavy atom. The number of rotatable bonds is 4. The molecule has 1 aliphatic heterocycles. The number of anilines is 2. The Kier molecular flexibility index (Phi) is 4.96. The van der Waals surface area contributed by atoms with Gasteiger partial charge in [0.15, 0.2) is 5.76 Å². The second-order valence-corrected chi connectivity index (χ2v) is 7.33. The zero-order chi connectivity index (χ0) is 20.5. The zero-order valence-electron chi connectivity index (χ0n) is 16.8. The van der Waals surface area contributed by atoms with E-state index < -0.39 is 0 Å². The first-order chi connectivity index (χ1) is 14.0. The largest absolute Gasteiger partial charge is 0.459 e. The molecule has 0 saturated heterocycles. The highest BCUT2D eigenvalue weighted by Gasteiger charge is 2.35. The molecule has 7 heteroatoms. The smallest absolute Gasteiger partial charge is 0.294 e. The van der Waals surface area contributed by atoms with Gasteiger partial charge in [-0.1, -0.05) is 13.0 Å². The molecule has 1 atom stereocenters. The van der Waals surface area contributed by atoms with Crippen LogP contribution in [-0.2, 0) is 11.3 Å². The Morgan fingerprint density at radius 1 is 1.21 bits per heavy atom. The van der Waals surface area contributed by atoms with Crippen LogP contribution >= 0.6 is 0 Å². The molecule has 1 aliphatic rings. The van der Waals surface area contributed by atoms with Crippen molar-refractivity contribution in [3.8, 4) is 11.1 Å². The highest BCUT2D eigenvalue weighted by molar-refractivity contribution is 6.10. The first-order valence-corrected chi connectivity index (χ1v) is 9.81. The average Bonchev–Trinajstić information content (AvgIpc) is 3.38. The molecule has 1 aromatic carbocycles. The van der Waals surface area contributed by atoms with E-state index in [1.165, 1.54) is 6.26 Å². The Balaban J connectivity index is 1.80. The zero-order valence-corrected chi connectivity index (χ0v) is 16.8. The minimum Gasteiger partial charge on any atom is -0.459 e. The van der Waals surface area contributed by atoms with Gasteiger partial charge in [0.2, 0.25) is 5.91 Å². The first-order valence-electron chi connectivity index (χ1n) is 9.81. The number of hydrogen-bond donors (Lipinski definition) is 0. The maximum Gasteiger partial charge on any atom is 0.294 e. The quantitative estimate of drug-likeness (QED) is 0.674. The van der Waals surface area contributed by atoms with Gasteiger partial charge in [-0.3, -0.25) is 14.3 Å². The minimum absolute atomic E-state index is 0.0487. The number of amides is 2. The molecule has 0 bridgehead atoms. The third-order valence-electron chi connectivity index (χ3n) is 5.15. The maximum atomic E-state index is 13.1. The van der Waals surface area contributed by atoms with Crippen molar-refractivity contribution in [1.82, 2.24) is 9.78 Å². The van der Waals surface area contributed by atoms with Crippen LogP contribution in [0.2, 0.25) is 0 Å².